The molecule has 266 valence electrons. The first kappa shape index (κ1) is 31.8. The monoisotopic (exact) mass is 727 g/mol. The fourth-order valence-corrected chi connectivity index (χ4v) is 9.04. The van der Waals surface area contributed by atoms with E-state index in [4.69, 9.17) is 14.4 Å². The van der Waals surface area contributed by atoms with Crippen LogP contribution in [0.1, 0.15) is 22.9 Å². The Morgan fingerprint density at radius 2 is 1.04 bits per heavy atom. The molecule has 0 radical (unpaired) electrons. The molecule has 1 N–H and O–H groups in total. The van der Waals surface area contributed by atoms with Crippen molar-refractivity contribution in [3.8, 4) is 11.1 Å². The molecule has 1 atom stereocenters. The summed E-state index contributed by atoms with van der Waals surface area (Å²) in [4.78, 5) is 10.4. The van der Waals surface area contributed by atoms with Crippen LogP contribution in [-0.2, 0) is 0 Å². The maximum Gasteiger partial charge on any atom is 0.159 e. The standard InChI is InChI=1S/C53H33N3O/c1-2-13-33(14-3-1)51-54-52(36-27-28-38-34(30-36)25-24-32-12-4-5-15-37(32)38)56-53(55-51)46-22-11-23-48-49(46)45-21-10-20-39(50(45)57-48)35-26-29-44-42-18-7-6-16-40(42)41-17-8-9-19-43(41)47(44)31-35/h1-31,53H,(H,54,55,56). The molecule has 0 saturated carbocycles. The minimum absolute atomic E-state index is 0.409. The first-order valence-corrected chi connectivity index (χ1v) is 19.4. The van der Waals surface area contributed by atoms with Gasteiger partial charge in [-0.05, 0) is 77.6 Å². The molecule has 0 spiro atoms. The third-order valence-corrected chi connectivity index (χ3v) is 11.7. The van der Waals surface area contributed by atoms with Gasteiger partial charge in [0.1, 0.15) is 23.2 Å². The van der Waals surface area contributed by atoms with E-state index in [1.165, 1.54) is 53.9 Å². The van der Waals surface area contributed by atoms with Crippen molar-refractivity contribution in [2.24, 2.45) is 9.98 Å². The van der Waals surface area contributed by atoms with Crippen LogP contribution < -0.4 is 5.32 Å². The molecule has 0 bridgehead atoms. The maximum absolute atomic E-state index is 6.84. The minimum atomic E-state index is -0.409. The van der Waals surface area contributed by atoms with Gasteiger partial charge < -0.3 is 9.73 Å². The molecule has 0 fully saturated rings. The molecule has 12 rings (SSSR count). The summed E-state index contributed by atoms with van der Waals surface area (Å²) in [6, 6.07) is 66.9. The number of rotatable bonds is 4. The molecule has 1 unspecified atom stereocenters. The van der Waals surface area contributed by atoms with Crippen LogP contribution in [0.4, 0.5) is 0 Å². The van der Waals surface area contributed by atoms with Crippen molar-refractivity contribution in [2.45, 2.75) is 6.17 Å². The molecule has 4 heteroatoms. The van der Waals surface area contributed by atoms with Gasteiger partial charge in [0, 0.05) is 33.0 Å². The van der Waals surface area contributed by atoms with Gasteiger partial charge in [0.05, 0.1) is 0 Å². The summed E-state index contributed by atoms with van der Waals surface area (Å²) in [7, 11) is 0. The highest BCUT2D eigenvalue weighted by Crippen LogP contribution is 2.42. The van der Waals surface area contributed by atoms with E-state index in [2.05, 4.69) is 175 Å². The number of hydrogen-bond acceptors (Lipinski definition) is 4. The first-order valence-electron chi connectivity index (χ1n) is 19.4. The summed E-state index contributed by atoms with van der Waals surface area (Å²) in [5.74, 6) is 1.47. The van der Waals surface area contributed by atoms with Gasteiger partial charge in [0.15, 0.2) is 5.84 Å². The van der Waals surface area contributed by atoms with Gasteiger partial charge in [-0.25, -0.2) is 9.98 Å². The quantitative estimate of drug-likeness (QED) is 0.184. The van der Waals surface area contributed by atoms with Crippen molar-refractivity contribution in [3.05, 3.63) is 205 Å². The number of aliphatic imine (C=N–C) groups is 2. The average Bonchev–Trinajstić information content (AvgIpc) is 3.68. The molecule has 57 heavy (non-hydrogen) atoms. The summed E-state index contributed by atoms with van der Waals surface area (Å²) >= 11 is 0. The molecule has 10 aromatic carbocycles. The van der Waals surface area contributed by atoms with E-state index in [9.17, 15) is 0 Å². The predicted molar refractivity (Wildman–Crippen MR) is 239 cm³/mol. The lowest BCUT2D eigenvalue weighted by atomic mass is 9.91. The smallest absolute Gasteiger partial charge is 0.159 e. The largest absolute Gasteiger partial charge is 0.455 e. The molecule has 0 saturated heterocycles. The van der Waals surface area contributed by atoms with Crippen LogP contribution in [0.25, 0.3) is 86.9 Å². The van der Waals surface area contributed by atoms with Crippen LogP contribution in [0, 0.1) is 0 Å². The third-order valence-electron chi connectivity index (χ3n) is 11.7. The minimum Gasteiger partial charge on any atom is -0.455 e. The van der Waals surface area contributed by atoms with Gasteiger partial charge in [0.25, 0.3) is 0 Å². The Kier molecular flexibility index (Phi) is 6.96. The molecule has 0 aliphatic carbocycles. The molecule has 4 nitrogen and oxygen atoms in total. The molecular weight excluding hydrogens is 695 g/mol. The summed E-state index contributed by atoms with van der Waals surface area (Å²) in [5.41, 5.74) is 6.88. The van der Waals surface area contributed by atoms with Crippen molar-refractivity contribution in [1.29, 1.82) is 0 Å². The van der Waals surface area contributed by atoms with Gasteiger partial charge in [-0.2, -0.15) is 0 Å². The Balaban J connectivity index is 1.01. The maximum atomic E-state index is 6.84. The Morgan fingerprint density at radius 3 is 1.84 bits per heavy atom. The zero-order chi connectivity index (χ0) is 37.5. The van der Waals surface area contributed by atoms with Crippen molar-refractivity contribution in [2.75, 3.05) is 0 Å². The zero-order valence-corrected chi connectivity index (χ0v) is 30.8. The van der Waals surface area contributed by atoms with Crippen molar-refractivity contribution in [3.63, 3.8) is 0 Å². The van der Waals surface area contributed by atoms with Crippen molar-refractivity contribution < 1.29 is 4.42 Å². The summed E-state index contributed by atoms with van der Waals surface area (Å²) in [5, 5.41) is 18.3. The van der Waals surface area contributed by atoms with Crippen molar-refractivity contribution >= 4 is 87.5 Å². The number of benzene rings is 10. The van der Waals surface area contributed by atoms with E-state index >= 15 is 0 Å². The van der Waals surface area contributed by atoms with Gasteiger partial charge in [-0.1, -0.05) is 170 Å². The van der Waals surface area contributed by atoms with E-state index in [0.717, 1.165) is 55.6 Å². The number of nitrogens with one attached hydrogen (secondary N) is 1. The molecular formula is C53H33N3O. The molecule has 1 aliphatic rings. The van der Waals surface area contributed by atoms with Crippen molar-refractivity contribution in [1.82, 2.24) is 5.32 Å². The van der Waals surface area contributed by atoms with Crippen LogP contribution >= 0.6 is 0 Å². The van der Waals surface area contributed by atoms with Crippen LogP contribution in [0.2, 0.25) is 0 Å². The molecule has 11 aromatic rings. The summed E-state index contributed by atoms with van der Waals surface area (Å²) in [6.45, 7) is 0. The van der Waals surface area contributed by atoms with E-state index in [1.54, 1.807) is 0 Å². The summed E-state index contributed by atoms with van der Waals surface area (Å²) < 4.78 is 6.84. The van der Waals surface area contributed by atoms with Gasteiger partial charge in [0.2, 0.25) is 0 Å². The van der Waals surface area contributed by atoms with Crippen LogP contribution in [-0.4, -0.2) is 11.7 Å². The highest BCUT2D eigenvalue weighted by molar-refractivity contribution is 6.26. The van der Waals surface area contributed by atoms with Gasteiger partial charge in [-0.3, -0.25) is 0 Å². The third kappa shape index (κ3) is 5.01. The normalized spacial score (nSPS) is 14.5. The Hall–Kier alpha value is -7.56. The molecule has 0 amide bonds. The van der Waals surface area contributed by atoms with E-state index in [0.29, 0.717) is 5.84 Å². The number of hydrogen-bond donors (Lipinski definition) is 1. The second-order valence-corrected chi connectivity index (χ2v) is 14.9. The Bertz CT molecular complexity index is 3470. The Labute approximate surface area is 328 Å². The topological polar surface area (TPSA) is 49.9 Å². The lowest BCUT2D eigenvalue weighted by Crippen LogP contribution is -2.33. The first-order chi connectivity index (χ1) is 28.2. The zero-order valence-electron chi connectivity index (χ0n) is 30.8. The number of amidine groups is 2. The van der Waals surface area contributed by atoms with E-state index in [-0.39, 0.29) is 0 Å². The number of fused-ring (bicyclic) bond motifs is 12. The molecule has 1 aromatic heterocycles. The van der Waals surface area contributed by atoms with Crippen LogP contribution in [0.3, 0.4) is 0 Å². The Morgan fingerprint density at radius 1 is 0.421 bits per heavy atom. The van der Waals surface area contributed by atoms with Crippen LogP contribution in [0.5, 0.6) is 0 Å². The van der Waals surface area contributed by atoms with Gasteiger partial charge in [-0.15, -0.1) is 0 Å². The molecule has 1 aliphatic heterocycles. The molecule has 2 heterocycles. The second-order valence-electron chi connectivity index (χ2n) is 14.9. The number of furan rings is 1. The summed E-state index contributed by atoms with van der Waals surface area (Å²) in [6.07, 6.45) is -0.409. The highest BCUT2D eigenvalue weighted by Gasteiger charge is 2.25. The van der Waals surface area contributed by atoms with E-state index in [1.807, 2.05) is 18.2 Å². The van der Waals surface area contributed by atoms with Gasteiger partial charge >= 0.3 is 0 Å². The SMILES string of the molecule is c1ccc(C2=NC(c3cccc4oc5c(-c6ccc7c8ccccc8c8ccccc8c7c6)cccc5c34)NC(c3ccc4c(ccc5ccccc54)c3)=N2)cc1. The highest BCUT2D eigenvalue weighted by atomic mass is 16.3. The number of para-hydroxylation sites is 1. The van der Waals surface area contributed by atoms with Crippen LogP contribution in [0.15, 0.2) is 202 Å². The average molecular weight is 728 g/mol. The second kappa shape index (κ2) is 12.5. The predicted octanol–water partition coefficient (Wildman–Crippen LogP) is 13.5. The lowest BCUT2D eigenvalue weighted by Gasteiger charge is -2.24. The number of nitrogens with zero attached hydrogens (tertiary/aromatic N) is 2. The van der Waals surface area contributed by atoms with E-state index < -0.39 is 6.17 Å². The fraction of sp³-hybridized carbons (Fsp3) is 0.0189. The lowest BCUT2D eigenvalue weighted by molar-refractivity contribution is 0.663. The fourth-order valence-electron chi connectivity index (χ4n) is 9.04.